The summed E-state index contributed by atoms with van der Waals surface area (Å²) in [5.74, 6) is 0.714. The summed E-state index contributed by atoms with van der Waals surface area (Å²) in [6.07, 6.45) is 2.17. The zero-order valence-corrected chi connectivity index (χ0v) is 27.1. The van der Waals surface area contributed by atoms with Gasteiger partial charge in [0.1, 0.15) is 0 Å². The summed E-state index contributed by atoms with van der Waals surface area (Å²) >= 11 is 0. The molecule has 0 fully saturated rings. The average Bonchev–Trinajstić information content (AvgIpc) is 3.77. The van der Waals surface area contributed by atoms with Crippen LogP contribution < -0.4 is 0 Å². The lowest BCUT2D eigenvalue weighted by molar-refractivity contribution is 1.13. The Morgan fingerprint density at radius 1 is 0.380 bits per heavy atom. The van der Waals surface area contributed by atoms with Crippen molar-refractivity contribution in [1.29, 1.82) is 0 Å². The largest absolute Gasteiger partial charge is 0.317 e. The fourth-order valence-corrected chi connectivity index (χ4v) is 7.35. The third-order valence-corrected chi connectivity index (χ3v) is 9.74. The van der Waals surface area contributed by atoms with Crippen molar-refractivity contribution in [3.63, 3.8) is 0 Å². The van der Waals surface area contributed by atoms with E-state index in [1.165, 1.54) is 43.5 Å². The van der Waals surface area contributed by atoms with Gasteiger partial charge in [0.2, 0.25) is 0 Å². The van der Waals surface area contributed by atoms with E-state index in [1.54, 1.807) is 0 Å². The van der Waals surface area contributed by atoms with Gasteiger partial charge >= 0.3 is 0 Å². The number of para-hydroxylation sites is 2. The molecule has 0 aliphatic heterocycles. The van der Waals surface area contributed by atoms with Crippen LogP contribution in [0.25, 0.3) is 88.8 Å². The van der Waals surface area contributed by atoms with Gasteiger partial charge in [-0.05, 0) is 60.0 Å². The molecule has 0 radical (unpaired) electrons. The highest BCUT2D eigenvalue weighted by molar-refractivity contribution is 6.20. The second-order valence-corrected chi connectivity index (χ2v) is 12.7. The first-order chi connectivity index (χ1) is 24.8. The van der Waals surface area contributed by atoms with Crippen LogP contribution in [0.3, 0.4) is 0 Å². The maximum absolute atomic E-state index is 5.07. The van der Waals surface area contributed by atoms with Gasteiger partial charge in [-0.1, -0.05) is 121 Å². The highest BCUT2D eigenvalue weighted by Crippen LogP contribution is 2.39. The number of aromatic nitrogens is 4. The van der Waals surface area contributed by atoms with E-state index in [1.807, 2.05) is 36.4 Å². The summed E-state index contributed by atoms with van der Waals surface area (Å²) in [5.41, 5.74) is 10.7. The molecule has 0 bridgehead atoms. The lowest BCUT2D eigenvalue weighted by atomic mass is 10.0. The van der Waals surface area contributed by atoms with Crippen molar-refractivity contribution in [2.45, 2.75) is 0 Å². The minimum Gasteiger partial charge on any atom is -0.317 e. The van der Waals surface area contributed by atoms with Crippen LogP contribution >= 0.6 is 0 Å². The molecule has 0 aliphatic carbocycles. The Balaban J connectivity index is 1.16. The van der Waals surface area contributed by atoms with Crippen molar-refractivity contribution in [1.82, 2.24) is 19.1 Å². The lowest BCUT2D eigenvalue weighted by Gasteiger charge is -2.13. The second kappa shape index (κ2) is 11.4. The Bertz CT molecular complexity index is 2770. The summed E-state index contributed by atoms with van der Waals surface area (Å²) in [5, 5.41) is 6.15. The number of hydrogen-bond donors (Lipinski definition) is 0. The molecule has 3 aromatic heterocycles. The molecule has 10 rings (SSSR count). The van der Waals surface area contributed by atoms with Crippen LogP contribution in [-0.2, 0) is 0 Å². The summed E-state index contributed by atoms with van der Waals surface area (Å²) in [7, 11) is 0. The van der Waals surface area contributed by atoms with Crippen molar-refractivity contribution in [2.75, 3.05) is 0 Å². The van der Waals surface area contributed by atoms with Crippen molar-refractivity contribution in [3.8, 4) is 45.3 Å². The Hall–Kier alpha value is -6.78. The summed E-state index contributed by atoms with van der Waals surface area (Å²) < 4.78 is 4.70. The summed E-state index contributed by atoms with van der Waals surface area (Å²) in [6.45, 7) is 0. The number of rotatable bonds is 5. The van der Waals surface area contributed by atoms with Crippen molar-refractivity contribution < 1.29 is 0 Å². The van der Waals surface area contributed by atoms with E-state index >= 15 is 0 Å². The molecule has 4 nitrogen and oxygen atoms in total. The van der Waals surface area contributed by atoms with E-state index in [-0.39, 0.29) is 0 Å². The molecule has 234 valence electrons. The summed E-state index contributed by atoms with van der Waals surface area (Å²) in [6, 6.07) is 62.2. The van der Waals surface area contributed by atoms with Gasteiger partial charge in [-0.15, -0.1) is 0 Å². The minimum absolute atomic E-state index is 0.714. The van der Waals surface area contributed by atoms with Gasteiger partial charge in [-0.3, -0.25) is 0 Å². The molecule has 0 saturated heterocycles. The topological polar surface area (TPSA) is 35.6 Å². The smallest absolute Gasteiger partial charge is 0.160 e. The van der Waals surface area contributed by atoms with Gasteiger partial charge in [0.15, 0.2) is 5.82 Å². The number of benzene rings is 7. The SMILES string of the molecule is c1ccc(-c2cc(-c3ccc(-n4c5ccccc5c5ccc6cc7ccn(-c8ccccc8)c7cc6c54)cc3)nc(-c3ccccc3)n2)cc1. The second-order valence-electron chi connectivity index (χ2n) is 12.7. The normalized spacial score (nSPS) is 11.6. The molecular weight excluding hydrogens is 609 g/mol. The first-order valence-electron chi connectivity index (χ1n) is 16.9. The zero-order chi connectivity index (χ0) is 33.0. The Labute approximate surface area is 289 Å². The molecular formula is C46H30N4. The van der Waals surface area contributed by atoms with Gasteiger partial charge in [0, 0.05) is 55.8 Å². The van der Waals surface area contributed by atoms with Crippen molar-refractivity contribution in [2.24, 2.45) is 0 Å². The predicted octanol–water partition coefficient (Wildman–Crippen LogP) is 11.7. The Kier molecular flexibility index (Phi) is 6.46. The molecule has 7 aromatic carbocycles. The molecule has 0 spiro atoms. The fraction of sp³-hybridized carbons (Fsp3) is 0. The van der Waals surface area contributed by atoms with Crippen LogP contribution in [0.4, 0.5) is 0 Å². The van der Waals surface area contributed by atoms with E-state index in [0.29, 0.717) is 5.82 Å². The molecule has 0 unspecified atom stereocenters. The van der Waals surface area contributed by atoms with Crippen molar-refractivity contribution >= 4 is 43.5 Å². The van der Waals surface area contributed by atoms with Crippen LogP contribution in [0, 0.1) is 0 Å². The van der Waals surface area contributed by atoms with Crippen LogP contribution in [-0.4, -0.2) is 19.1 Å². The molecule has 0 amide bonds. The highest BCUT2D eigenvalue weighted by Gasteiger charge is 2.17. The van der Waals surface area contributed by atoms with Crippen LogP contribution in [0.2, 0.25) is 0 Å². The maximum atomic E-state index is 5.07. The first kappa shape index (κ1) is 28.3. The summed E-state index contributed by atoms with van der Waals surface area (Å²) in [4.78, 5) is 10.1. The lowest BCUT2D eigenvalue weighted by Crippen LogP contribution is -1.97. The highest BCUT2D eigenvalue weighted by atomic mass is 15.0. The molecule has 0 atom stereocenters. The van der Waals surface area contributed by atoms with Gasteiger partial charge in [-0.25, -0.2) is 9.97 Å². The molecule has 0 saturated carbocycles. The third kappa shape index (κ3) is 4.61. The monoisotopic (exact) mass is 638 g/mol. The molecule has 10 aromatic rings. The molecule has 4 heteroatoms. The molecule has 3 heterocycles. The maximum Gasteiger partial charge on any atom is 0.160 e. The van der Waals surface area contributed by atoms with Gasteiger partial charge < -0.3 is 9.13 Å². The minimum atomic E-state index is 0.714. The molecule has 0 aliphatic rings. The van der Waals surface area contributed by atoms with Crippen LogP contribution in [0.5, 0.6) is 0 Å². The van der Waals surface area contributed by atoms with Gasteiger partial charge in [0.05, 0.1) is 27.9 Å². The van der Waals surface area contributed by atoms with Gasteiger partial charge in [0.25, 0.3) is 0 Å². The standard InChI is InChI=1S/C46H30N4/c1-4-12-31(13-5-1)41-30-42(48-46(47-41)33-14-6-2-7-15-33)32-20-23-37(24-21-32)50-43-19-11-10-18-38(43)39-25-22-34-28-35-26-27-49(36-16-8-3-9-17-36)44(35)29-40(34)45(39)50/h1-30H. The average molecular weight is 639 g/mol. The Morgan fingerprint density at radius 2 is 1.02 bits per heavy atom. The molecule has 50 heavy (non-hydrogen) atoms. The number of nitrogens with zero attached hydrogens (tertiary/aromatic N) is 4. The van der Waals surface area contributed by atoms with E-state index < -0.39 is 0 Å². The van der Waals surface area contributed by atoms with Crippen LogP contribution in [0.15, 0.2) is 182 Å². The third-order valence-electron chi connectivity index (χ3n) is 9.74. The quantitative estimate of drug-likeness (QED) is 0.188. The fourth-order valence-electron chi connectivity index (χ4n) is 7.35. The van der Waals surface area contributed by atoms with Crippen LogP contribution in [0.1, 0.15) is 0 Å². The number of fused-ring (bicyclic) bond motifs is 6. The van der Waals surface area contributed by atoms with E-state index in [4.69, 9.17) is 9.97 Å². The Morgan fingerprint density at radius 3 is 1.76 bits per heavy atom. The first-order valence-corrected chi connectivity index (χ1v) is 16.9. The van der Waals surface area contributed by atoms with E-state index in [9.17, 15) is 0 Å². The van der Waals surface area contributed by atoms with E-state index in [0.717, 1.165) is 39.5 Å². The molecule has 0 N–H and O–H groups in total. The van der Waals surface area contributed by atoms with E-state index in [2.05, 4.69) is 155 Å². The number of hydrogen-bond acceptors (Lipinski definition) is 2. The zero-order valence-electron chi connectivity index (χ0n) is 27.1. The predicted molar refractivity (Wildman–Crippen MR) is 207 cm³/mol. The van der Waals surface area contributed by atoms with Crippen molar-refractivity contribution in [3.05, 3.63) is 182 Å². The van der Waals surface area contributed by atoms with Gasteiger partial charge in [-0.2, -0.15) is 0 Å².